The van der Waals surface area contributed by atoms with Crippen LogP contribution in [0.4, 0.5) is 4.79 Å². The Bertz CT molecular complexity index is 591. The summed E-state index contributed by atoms with van der Waals surface area (Å²) in [4.78, 5) is 27.1. The van der Waals surface area contributed by atoms with Crippen LogP contribution in [-0.2, 0) is 4.79 Å². The number of fused-ring (bicyclic) bond motifs is 1. The highest BCUT2D eigenvalue weighted by Crippen LogP contribution is 2.22. The van der Waals surface area contributed by atoms with E-state index in [4.69, 9.17) is 4.42 Å². The predicted molar refractivity (Wildman–Crippen MR) is 76.5 cm³/mol. The summed E-state index contributed by atoms with van der Waals surface area (Å²) in [6, 6.07) is 6.84. The molecule has 0 aliphatic heterocycles. The van der Waals surface area contributed by atoms with E-state index in [0.717, 1.165) is 17.3 Å². The molecule has 1 aromatic carbocycles. The van der Waals surface area contributed by atoms with Gasteiger partial charge in [0.25, 0.3) is 5.22 Å². The summed E-state index contributed by atoms with van der Waals surface area (Å²) in [5, 5.41) is 5.22. The van der Waals surface area contributed by atoms with Crippen LogP contribution in [0.1, 0.15) is 13.8 Å². The summed E-state index contributed by atoms with van der Waals surface area (Å²) in [5.41, 5.74) is 1.42. The van der Waals surface area contributed by atoms with Gasteiger partial charge in [0, 0.05) is 6.04 Å². The minimum absolute atomic E-state index is 0.0208. The van der Waals surface area contributed by atoms with Crippen molar-refractivity contribution < 1.29 is 14.0 Å². The number of urea groups is 1. The number of imide groups is 1. The first-order valence-electron chi connectivity index (χ1n) is 6.13. The van der Waals surface area contributed by atoms with Gasteiger partial charge >= 0.3 is 6.03 Å². The Balaban J connectivity index is 1.85. The van der Waals surface area contributed by atoms with Crippen LogP contribution in [-0.4, -0.2) is 28.7 Å². The average Bonchev–Trinajstić information content (AvgIpc) is 2.77. The first kappa shape index (κ1) is 14.4. The topological polar surface area (TPSA) is 84.2 Å². The van der Waals surface area contributed by atoms with Crippen LogP contribution in [0.15, 0.2) is 33.9 Å². The van der Waals surface area contributed by atoms with E-state index in [1.54, 1.807) is 0 Å². The molecule has 0 saturated heterocycles. The number of nitrogens with zero attached hydrogens (tertiary/aromatic N) is 1. The Hall–Kier alpha value is -2.02. The van der Waals surface area contributed by atoms with Gasteiger partial charge in [0.1, 0.15) is 5.52 Å². The molecule has 0 atom stereocenters. The largest absolute Gasteiger partial charge is 0.431 e. The molecule has 0 spiro atoms. The van der Waals surface area contributed by atoms with Gasteiger partial charge in [-0.15, -0.1) is 0 Å². The van der Waals surface area contributed by atoms with Gasteiger partial charge in [-0.2, -0.15) is 0 Å². The first-order valence-corrected chi connectivity index (χ1v) is 7.12. The van der Waals surface area contributed by atoms with E-state index in [2.05, 4.69) is 15.6 Å². The number of hydrogen-bond donors (Lipinski definition) is 2. The van der Waals surface area contributed by atoms with Crippen LogP contribution >= 0.6 is 11.8 Å². The molecule has 3 amide bonds. The van der Waals surface area contributed by atoms with Crippen LogP contribution in [0.3, 0.4) is 0 Å². The lowest BCUT2D eigenvalue weighted by molar-refractivity contribution is -0.117. The second kappa shape index (κ2) is 6.42. The van der Waals surface area contributed by atoms with E-state index in [1.807, 2.05) is 38.1 Å². The van der Waals surface area contributed by atoms with Gasteiger partial charge in [0.2, 0.25) is 5.91 Å². The molecule has 20 heavy (non-hydrogen) atoms. The van der Waals surface area contributed by atoms with Gasteiger partial charge in [0.15, 0.2) is 5.58 Å². The number of hydrogen-bond acceptors (Lipinski definition) is 5. The molecule has 0 bridgehead atoms. The Kier molecular flexibility index (Phi) is 4.62. The molecule has 0 radical (unpaired) electrons. The normalized spacial score (nSPS) is 10.8. The quantitative estimate of drug-likeness (QED) is 0.844. The maximum atomic E-state index is 11.6. The highest BCUT2D eigenvalue weighted by Gasteiger charge is 2.11. The lowest BCUT2D eigenvalue weighted by atomic mass is 10.3. The Morgan fingerprint density at radius 1 is 1.35 bits per heavy atom. The lowest BCUT2D eigenvalue weighted by Crippen LogP contribution is -2.43. The third kappa shape index (κ3) is 3.99. The first-order chi connectivity index (χ1) is 9.54. The molecule has 0 saturated carbocycles. The number of rotatable bonds is 4. The molecule has 1 heterocycles. The van der Waals surface area contributed by atoms with Crippen molar-refractivity contribution in [3.63, 3.8) is 0 Å². The number of aromatic nitrogens is 1. The van der Waals surface area contributed by atoms with E-state index in [0.29, 0.717) is 10.8 Å². The van der Waals surface area contributed by atoms with Crippen molar-refractivity contribution in [3.05, 3.63) is 24.3 Å². The van der Waals surface area contributed by atoms with Crippen LogP contribution < -0.4 is 10.6 Å². The number of nitrogens with one attached hydrogen (secondary N) is 2. The zero-order valence-corrected chi connectivity index (χ0v) is 12.0. The van der Waals surface area contributed by atoms with Gasteiger partial charge in [-0.05, 0) is 26.0 Å². The molecule has 0 fully saturated rings. The Labute approximate surface area is 120 Å². The number of thioether (sulfide) groups is 1. The van der Waals surface area contributed by atoms with Crippen molar-refractivity contribution in [1.82, 2.24) is 15.6 Å². The van der Waals surface area contributed by atoms with Gasteiger partial charge < -0.3 is 9.73 Å². The third-order valence-electron chi connectivity index (χ3n) is 2.27. The van der Waals surface area contributed by atoms with E-state index in [1.165, 1.54) is 0 Å². The summed E-state index contributed by atoms with van der Waals surface area (Å²) < 4.78 is 5.46. The Morgan fingerprint density at radius 2 is 2.10 bits per heavy atom. The van der Waals surface area contributed by atoms with E-state index in [9.17, 15) is 9.59 Å². The fraction of sp³-hybridized carbons (Fsp3) is 0.308. The van der Waals surface area contributed by atoms with E-state index < -0.39 is 11.9 Å². The molecule has 2 N–H and O–H groups in total. The zero-order valence-electron chi connectivity index (χ0n) is 11.2. The van der Waals surface area contributed by atoms with Crippen LogP contribution in [0, 0.1) is 0 Å². The fourth-order valence-electron chi connectivity index (χ4n) is 1.50. The lowest BCUT2D eigenvalue weighted by Gasteiger charge is -2.08. The number of benzene rings is 1. The van der Waals surface area contributed by atoms with Gasteiger partial charge in [-0.3, -0.25) is 10.1 Å². The van der Waals surface area contributed by atoms with Crippen molar-refractivity contribution in [2.24, 2.45) is 0 Å². The third-order valence-corrected chi connectivity index (χ3v) is 3.10. The number of carbonyl (C=O) groups excluding carboxylic acids is 2. The van der Waals surface area contributed by atoms with Gasteiger partial charge in [0.05, 0.1) is 5.75 Å². The minimum Gasteiger partial charge on any atom is -0.431 e. The van der Waals surface area contributed by atoms with Crippen molar-refractivity contribution >= 4 is 34.8 Å². The zero-order chi connectivity index (χ0) is 14.5. The minimum atomic E-state index is -0.497. The average molecular weight is 293 g/mol. The maximum absolute atomic E-state index is 11.6. The molecule has 2 aromatic rings. The molecular formula is C13H15N3O3S. The molecule has 0 unspecified atom stereocenters. The number of amides is 3. The molecule has 2 rings (SSSR count). The number of oxazole rings is 1. The monoisotopic (exact) mass is 293 g/mol. The molecular weight excluding hydrogens is 278 g/mol. The molecule has 0 aliphatic carbocycles. The van der Waals surface area contributed by atoms with Gasteiger partial charge in [-0.25, -0.2) is 9.78 Å². The Morgan fingerprint density at radius 3 is 2.80 bits per heavy atom. The van der Waals surface area contributed by atoms with Crippen molar-refractivity contribution in [2.45, 2.75) is 25.1 Å². The predicted octanol–water partition coefficient (Wildman–Crippen LogP) is 2.15. The van der Waals surface area contributed by atoms with Gasteiger partial charge in [-0.1, -0.05) is 23.9 Å². The maximum Gasteiger partial charge on any atom is 0.321 e. The molecule has 1 aromatic heterocycles. The van der Waals surface area contributed by atoms with Crippen molar-refractivity contribution in [2.75, 3.05) is 5.75 Å². The summed E-state index contributed by atoms with van der Waals surface area (Å²) in [6.07, 6.45) is 0. The number of para-hydroxylation sites is 2. The summed E-state index contributed by atoms with van der Waals surface area (Å²) in [6.45, 7) is 3.63. The summed E-state index contributed by atoms with van der Waals surface area (Å²) in [7, 11) is 0. The highest BCUT2D eigenvalue weighted by molar-refractivity contribution is 7.99. The standard InChI is InChI=1S/C13H15N3O3S/c1-8(2)14-12(18)16-11(17)7-20-13-15-9-5-3-4-6-10(9)19-13/h3-6,8H,7H2,1-2H3,(H2,14,16,17,18). The van der Waals surface area contributed by atoms with Crippen molar-refractivity contribution in [3.8, 4) is 0 Å². The molecule has 106 valence electrons. The van der Waals surface area contributed by atoms with Crippen LogP contribution in [0.25, 0.3) is 11.1 Å². The van der Waals surface area contributed by atoms with E-state index >= 15 is 0 Å². The smallest absolute Gasteiger partial charge is 0.321 e. The second-order valence-electron chi connectivity index (χ2n) is 4.41. The molecule has 6 nitrogen and oxygen atoms in total. The number of carbonyl (C=O) groups is 2. The second-order valence-corrected chi connectivity index (χ2v) is 5.34. The fourth-order valence-corrected chi connectivity index (χ4v) is 2.14. The molecule has 0 aliphatic rings. The highest BCUT2D eigenvalue weighted by atomic mass is 32.2. The SMILES string of the molecule is CC(C)NC(=O)NC(=O)CSc1nc2ccccc2o1. The van der Waals surface area contributed by atoms with Crippen LogP contribution in [0.2, 0.25) is 0 Å². The van der Waals surface area contributed by atoms with E-state index in [-0.39, 0.29) is 11.8 Å². The van der Waals surface area contributed by atoms with Crippen molar-refractivity contribution in [1.29, 1.82) is 0 Å². The summed E-state index contributed by atoms with van der Waals surface area (Å²) in [5.74, 6) is -0.325. The summed E-state index contributed by atoms with van der Waals surface area (Å²) >= 11 is 1.15. The van der Waals surface area contributed by atoms with Crippen LogP contribution in [0.5, 0.6) is 0 Å². The molecule has 7 heteroatoms.